The molecule has 0 aromatic heterocycles. The van der Waals surface area contributed by atoms with Crippen LogP contribution >= 0.6 is 0 Å². The number of carbonyl (C=O) groups excluding carboxylic acids is 1. The summed E-state index contributed by atoms with van der Waals surface area (Å²) in [6.07, 6.45) is 7.01. The van der Waals surface area contributed by atoms with Crippen LogP contribution in [0.4, 0.5) is 5.69 Å². The quantitative estimate of drug-likeness (QED) is 0.756. The number of anilines is 1. The molecule has 0 radical (unpaired) electrons. The van der Waals surface area contributed by atoms with Gasteiger partial charge in [-0.1, -0.05) is 48.9 Å². The zero-order chi connectivity index (χ0) is 21.8. The summed E-state index contributed by atoms with van der Waals surface area (Å²) in [5.74, 6) is 0.195. The molecule has 1 spiro atoms. The predicted octanol–water partition coefficient (Wildman–Crippen LogP) is 3.64. The van der Waals surface area contributed by atoms with E-state index < -0.39 is 5.54 Å². The van der Waals surface area contributed by atoms with Gasteiger partial charge in [0.25, 0.3) is 0 Å². The third-order valence-corrected chi connectivity index (χ3v) is 7.65. The Bertz CT molecular complexity index is 901. The lowest BCUT2D eigenvalue weighted by molar-refractivity contribution is -0.125. The van der Waals surface area contributed by atoms with Gasteiger partial charge in [0, 0.05) is 31.9 Å². The molecule has 0 bridgehead atoms. The largest absolute Gasteiger partial charge is 0.339 e. The molecule has 5 rings (SSSR count). The molecule has 32 heavy (non-hydrogen) atoms. The normalized spacial score (nSPS) is 21.8. The van der Waals surface area contributed by atoms with E-state index in [2.05, 4.69) is 68.5 Å². The average Bonchev–Trinajstić information content (AvgIpc) is 3.16. The molecule has 0 unspecified atom stereocenters. The zero-order valence-electron chi connectivity index (χ0n) is 19.1. The van der Waals surface area contributed by atoms with Crippen molar-refractivity contribution in [3.05, 3.63) is 65.7 Å². The third-order valence-electron chi connectivity index (χ3n) is 7.65. The SMILES string of the molecule is O=C1NCN(c2ccccc2)C12CCN(Cc1cccc(CCN3CCCCC3)c1)CC2. The number of likely N-dealkylation sites (tertiary alicyclic amines) is 2. The Kier molecular flexibility index (Phi) is 6.47. The van der Waals surface area contributed by atoms with Crippen molar-refractivity contribution in [2.75, 3.05) is 44.3 Å². The second-order valence-corrected chi connectivity index (χ2v) is 9.71. The summed E-state index contributed by atoms with van der Waals surface area (Å²) < 4.78 is 0. The van der Waals surface area contributed by atoms with Crippen LogP contribution in [0.1, 0.15) is 43.2 Å². The number of carbonyl (C=O) groups is 1. The van der Waals surface area contributed by atoms with E-state index in [0.717, 1.165) is 44.6 Å². The number of hydrogen-bond acceptors (Lipinski definition) is 4. The van der Waals surface area contributed by atoms with Crippen LogP contribution in [0.3, 0.4) is 0 Å². The Morgan fingerprint density at radius 3 is 2.34 bits per heavy atom. The van der Waals surface area contributed by atoms with Crippen molar-refractivity contribution in [1.29, 1.82) is 0 Å². The van der Waals surface area contributed by atoms with E-state index in [1.54, 1.807) is 0 Å². The molecule has 3 heterocycles. The van der Waals surface area contributed by atoms with Crippen LogP contribution in [0.5, 0.6) is 0 Å². The summed E-state index contributed by atoms with van der Waals surface area (Å²) in [6.45, 7) is 7.21. The number of piperidine rings is 2. The molecule has 1 N–H and O–H groups in total. The monoisotopic (exact) mass is 432 g/mol. The summed E-state index contributed by atoms with van der Waals surface area (Å²) in [7, 11) is 0. The fraction of sp³-hybridized carbons (Fsp3) is 0.519. The molecule has 3 saturated heterocycles. The van der Waals surface area contributed by atoms with Gasteiger partial charge in [-0.15, -0.1) is 0 Å². The number of nitrogens with zero attached hydrogens (tertiary/aromatic N) is 3. The van der Waals surface area contributed by atoms with Gasteiger partial charge in [0.2, 0.25) is 5.91 Å². The lowest BCUT2D eigenvalue weighted by atomic mass is 9.85. The summed E-state index contributed by atoms with van der Waals surface area (Å²) in [6, 6.07) is 19.5. The first-order chi connectivity index (χ1) is 15.7. The number of hydrogen-bond donors (Lipinski definition) is 1. The molecule has 3 fully saturated rings. The van der Waals surface area contributed by atoms with Crippen LogP contribution in [0, 0.1) is 0 Å². The highest BCUT2D eigenvalue weighted by Gasteiger charge is 2.50. The fourth-order valence-electron chi connectivity index (χ4n) is 5.73. The second kappa shape index (κ2) is 9.63. The van der Waals surface area contributed by atoms with E-state index in [1.165, 1.54) is 50.0 Å². The Balaban J connectivity index is 1.18. The lowest BCUT2D eigenvalue weighted by Crippen LogP contribution is -2.56. The standard InChI is InChI=1S/C27H36N4O/c32-26-27(31(22-28-26)25-10-3-1-4-11-25)13-18-30(19-14-27)21-24-9-7-8-23(20-24)12-17-29-15-5-2-6-16-29/h1,3-4,7-11,20H,2,5-6,12-19,21-22H2,(H,28,32). The minimum absolute atomic E-state index is 0.195. The molecule has 0 atom stereocenters. The fourth-order valence-corrected chi connectivity index (χ4v) is 5.73. The van der Waals surface area contributed by atoms with E-state index in [1.807, 2.05) is 6.07 Å². The highest BCUT2D eigenvalue weighted by atomic mass is 16.2. The second-order valence-electron chi connectivity index (χ2n) is 9.71. The van der Waals surface area contributed by atoms with Crippen molar-refractivity contribution in [3.8, 4) is 0 Å². The maximum atomic E-state index is 12.9. The summed E-state index contributed by atoms with van der Waals surface area (Å²) in [5, 5.41) is 3.11. The molecule has 2 aromatic carbocycles. The highest BCUT2D eigenvalue weighted by Crippen LogP contribution is 2.36. The topological polar surface area (TPSA) is 38.8 Å². The van der Waals surface area contributed by atoms with Crippen molar-refractivity contribution < 1.29 is 4.79 Å². The van der Waals surface area contributed by atoms with Gasteiger partial charge in [-0.2, -0.15) is 0 Å². The van der Waals surface area contributed by atoms with Gasteiger partial charge in [-0.3, -0.25) is 9.69 Å². The smallest absolute Gasteiger partial charge is 0.247 e. The molecule has 3 aliphatic rings. The Labute approximate surface area is 192 Å². The molecule has 170 valence electrons. The van der Waals surface area contributed by atoms with Crippen LogP contribution < -0.4 is 10.2 Å². The Morgan fingerprint density at radius 1 is 0.812 bits per heavy atom. The number of rotatable bonds is 6. The zero-order valence-corrected chi connectivity index (χ0v) is 19.1. The van der Waals surface area contributed by atoms with Crippen molar-refractivity contribution in [2.24, 2.45) is 0 Å². The van der Waals surface area contributed by atoms with E-state index in [0.29, 0.717) is 6.67 Å². The molecule has 5 nitrogen and oxygen atoms in total. The van der Waals surface area contributed by atoms with Crippen LogP contribution in [0.15, 0.2) is 54.6 Å². The van der Waals surface area contributed by atoms with Crippen molar-refractivity contribution in [3.63, 3.8) is 0 Å². The van der Waals surface area contributed by atoms with Crippen molar-refractivity contribution >= 4 is 11.6 Å². The number of nitrogens with one attached hydrogen (secondary N) is 1. The molecule has 5 heteroatoms. The van der Waals surface area contributed by atoms with E-state index >= 15 is 0 Å². The molecule has 3 aliphatic heterocycles. The van der Waals surface area contributed by atoms with Gasteiger partial charge in [0.15, 0.2) is 0 Å². The first-order valence-electron chi connectivity index (χ1n) is 12.4. The van der Waals surface area contributed by atoms with E-state index in [4.69, 9.17) is 0 Å². The van der Waals surface area contributed by atoms with Gasteiger partial charge in [-0.25, -0.2) is 0 Å². The van der Waals surface area contributed by atoms with E-state index in [-0.39, 0.29) is 5.91 Å². The Morgan fingerprint density at radius 2 is 1.56 bits per heavy atom. The number of amides is 1. The van der Waals surface area contributed by atoms with Crippen LogP contribution in [0.25, 0.3) is 0 Å². The van der Waals surface area contributed by atoms with Crippen LogP contribution in [-0.2, 0) is 17.8 Å². The number of benzene rings is 2. The molecule has 1 amide bonds. The van der Waals surface area contributed by atoms with Crippen LogP contribution in [0.2, 0.25) is 0 Å². The molecule has 0 saturated carbocycles. The predicted molar refractivity (Wildman–Crippen MR) is 130 cm³/mol. The summed E-state index contributed by atoms with van der Waals surface area (Å²) in [5.41, 5.74) is 3.59. The van der Waals surface area contributed by atoms with Crippen molar-refractivity contribution in [1.82, 2.24) is 15.1 Å². The third kappa shape index (κ3) is 4.55. The Hall–Kier alpha value is -2.37. The van der Waals surface area contributed by atoms with Gasteiger partial charge >= 0.3 is 0 Å². The molecular formula is C27H36N4O. The maximum absolute atomic E-state index is 12.9. The highest BCUT2D eigenvalue weighted by molar-refractivity contribution is 5.93. The number of para-hydroxylation sites is 1. The molecule has 2 aromatic rings. The minimum Gasteiger partial charge on any atom is -0.339 e. The molecule has 0 aliphatic carbocycles. The summed E-state index contributed by atoms with van der Waals surface area (Å²) in [4.78, 5) is 20.3. The van der Waals surface area contributed by atoms with Gasteiger partial charge in [0.1, 0.15) is 5.54 Å². The van der Waals surface area contributed by atoms with Gasteiger partial charge < -0.3 is 15.1 Å². The summed E-state index contributed by atoms with van der Waals surface area (Å²) >= 11 is 0. The first kappa shape index (κ1) is 21.5. The van der Waals surface area contributed by atoms with Gasteiger partial charge in [0.05, 0.1) is 6.67 Å². The minimum atomic E-state index is -0.395. The van der Waals surface area contributed by atoms with E-state index in [9.17, 15) is 4.79 Å². The first-order valence-corrected chi connectivity index (χ1v) is 12.4. The van der Waals surface area contributed by atoms with Crippen molar-refractivity contribution in [2.45, 2.75) is 50.6 Å². The lowest BCUT2D eigenvalue weighted by Gasteiger charge is -2.43. The molecular weight excluding hydrogens is 396 g/mol. The van der Waals surface area contributed by atoms with Crippen LogP contribution in [-0.4, -0.2) is 60.6 Å². The van der Waals surface area contributed by atoms with Gasteiger partial charge in [-0.05, 0) is 68.5 Å². The maximum Gasteiger partial charge on any atom is 0.247 e. The average molecular weight is 433 g/mol.